The number of aliphatic hydroxyl groups excluding tert-OH is 1. The Labute approximate surface area is 137 Å². The molecule has 1 heterocycles. The summed E-state index contributed by atoms with van der Waals surface area (Å²) in [6, 6.07) is 9.21. The van der Waals surface area contributed by atoms with Crippen LogP contribution in [0.2, 0.25) is 5.15 Å². The van der Waals surface area contributed by atoms with Crippen LogP contribution in [0.5, 0.6) is 0 Å². The van der Waals surface area contributed by atoms with E-state index in [4.69, 9.17) is 16.7 Å². The van der Waals surface area contributed by atoms with Gasteiger partial charge in [0.1, 0.15) is 5.15 Å². The van der Waals surface area contributed by atoms with Crippen LogP contribution in [0.1, 0.15) is 11.3 Å². The number of nitrogens with zero attached hydrogens (tertiary/aromatic N) is 3. The molecule has 0 saturated heterocycles. The van der Waals surface area contributed by atoms with Gasteiger partial charge in [-0.15, -0.1) is 0 Å². The molecule has 0 aliphatic heterocycles. The Morgan fingerprint density at radius 1 is 1.30 bits per heavy atom. The number of benzene rings is 1. The Kier molecular flexibility index (Phi) is 5.33. The van der Waals surface area contributed by atoms with E-state index in [0.29, 0.717) is 16.4 Å². The summed E-state index contributed by atoms with van der Waals surface area (Å²) in [5, 5.41) is 13.8. The van der Waals surface area contributed by atoms with Crippen molar-refractivity contribution in [2.75, 3.05) is 13.6 Å². The van der Waals surface area contributed by atoms with Crippen LogP contribution in [0, 0.1) is 6.92 Å². The highest BCUT2D eigenvalue weighted by Crippen LogP contribution is 2.26. The molecule has 0 amide bonds. The number of para-hydroxylation sites is 1. The Hall–Kier alpha value is -1.57. The van der Waals surface area contributed by atoms with Gasteiger partial charge in [-0.1, -0.05) is 29.8 Å². The third kappa shape index (κ3) is 4.25. The molecule has 4 nitrogen and oxygen atoms in total. The highest BCUT2D eigenvalue weighted by molar-refractivity contribution is 6.30. The van der Waals surface area contributed by atoms with Gasteiger partial charge >= 0.3 is 6.18 Å². The van der Waals surface area contributed by atoms with Crippen molar-refractivity contribution in [2.24, 2.45) is 0 Å². The lowest BCUT2D eigenvalue weighted by atomic mass is 10.2. The first kappa shape index (κ1) is 17.8. The summed E-state index contributed by atoms with van der Waals surface area (Å²) >= 11 is 6.32. The molecule has 23 heavy (non-hydrogen) atoms. The van der Waals surface area contributed by atoms with Gasteiger partial charge in [-0.3, -0.25) is 4.90 Å². The fourth-order valence-electron chi connectivity index (χ4n) is 2.18. The Bertz CT molecular complexity index is 658. The molecule has 1 aromatic heterocycles. The van der Waals surface area contributed by atoms with Crippen LogP contribution in [-0.2, 0) is 6.54 Å². The molecule has 2 rings (SSSR count). The Morgan fingerprint density at radius 2 is 1.91 bits per heavy atom. The molecule has 0 aliphatic rings. The second-order valence-corrected chi connectivity index (χ2v) is 5.71. The van der Waals surface area contributed by atoms with Gasteiger partial charge in [0.25, 0.3) is 0 Å². The van der Waals surface area contributed by atoms with Crippen molar-refractivity contribution in [1.29, 1.82) is 0 Å². The molecule has 1 N–H and O–H groups in total. The molecular weight excluding hydrogens is 331 g/mol. The number of alkyl halides is 3. The van der Waals surface area contributed by atoms with Crippen molar-refractivity contribution in [1.82, 2.24) is 14.7 Å². The van der Waals surface area contributed by atoms with E-state index in [1.807, 2.05) is 30.3 Å². The van der Waals surface area contributed by atoms with Crippen LogP contribution in [0.25, 0.3) is 5.69 Å². The quantitative estimate of drug-likeness (QED) is 0.903. The normalized spacial score (nSPS) is 13.6. The molecule has 0 fully saturated rings. The van der Waals surface area contributed by atoms with Gasteiger partial charge < -0.3 is 5.11 Å². The van der Waals surface area contributed by atoms with Crippen molar-refractivity contribution in [2.45, 2.75) is 25.7 Å². The molecule has 1 unspecified atom stereocenters. The SMILES string of the molecule is Cc1nn(-c2ccccc2)c(Cl)c1CN(C)CC(O)C(F)(F)F. The van der Waals surface area contributed by atoms with E-state index in [9.17, 15) is 13.2 Å². The average Bonchev–Trinajstić information content (AvgIpc) is 2.75. The maximum atomic E-state index is 12.4. The van der Waals surface area contributed by atoms with Crippen LogP contribution in [0.15, 0.2) is 30.3 Å². The van der Waals surface area contributed by atoms with Crippen LogP contribution in [-0.4, -0.2) is 45.7 Å². The van der Waals surface area contributed by atoms with Crippen LogP contribution >= 0.6 is 11.6 Å². The standard InChI is InChI=1S/C15H17ClF3N3O/c1-10-12(8-21(2)9-13(23)15(17,18)19)14(16)22(20-10)11-6-4-3-5-7-11/h3-7,13,23H,8-9H2,1-2H3. The molecule has 0 bridgehead atoms. The van der Waals surface area contributed by atoms with E-state index in [1.54, 1.807) is 11.6 Å². The molecule has 2 aromatic rings. The largest absolute Gasteiger partial charge is 0.415 e. The molecule has 1 atom stereocenters. The molecule has 1 aromatic carbocycles. The number of halogens is 4. The highest BCUT2D eigenvalue weighted by atomic mass is 35.5. The van der Waals surface area contributed by atoms with Gasteiger partial charge in [0, 0.05) is 18.7 Å². The summed E-state index contributed by atoms with van der Waals surface area (Å²) in [5.74, 6) is 0. The topological polar surface area (TPSA) is 41.3 Å². The fraction of sp³-hybridized carbons (Fsp3) is 0.400. The Balaban J connectivity index is 2.17. The predicted molar refractivity (Wildman–Crippen MR) is 81.7 cm³/mol. The van der Waals surface area contributed by atoms with Gasteiger partial charge in [0.15, 0.2) is 6.10 Å². The van der Waals surface area contributed by atoms with E-state index < -0.39 is 18.8 Å². The molecular formula is C15H17ClF3N3O. The molecule has 0 saturated carbocycles. The van der Waals surface area contributed by atoms with Crippen molar-refractivity contribution >= 4 is 11.6 Å². The molecule has 0 aliphatic carbocycles. The summed E-state index contributed by atoms with van der Waals surface area (Å²) in [6.07, 6.45) is -7.03. The average molecular weight is 348 g/mol. The summed E-state index contributed by atoms with van der Waals surface area (Å²) in [5.41, 5.74) is 2.03. The summed E-state index contributed by atoms with van der Waals surface area (Å²) < 4.78 is 38.8. The number of aryl methyl sites for hydroxylation is 1. The first-order valence-electron chi connectivity index (χ1n) is 6.93. The lowest BCUT2D eigenvalue weighted by Gasteiger charge is -2.22. The molecule has 126 valence electrons. The highest BCUT2D eigenvalue weighted by Gasteiger charge is 2.38. The zero-order chi connectivity index (χ0) is 17.2. The third-order valence-corrected chi connectivity index (χ3v) is 3.80. The molecule has 0 radical (unpaired) electrons. The van der Waals surface area contributed by atoms with E-state index in [1.165, 1.54) is 11.9 Å². The minimum atomic E-state index is -4.64. The van der Waals surface area contributed by atoms with Gasteiger partial charge in [-0.05, 0) is 26.1 Å². The number of aromatic nitrogens is 2. The lowest BCUT2D eigenvalue weighted by Crippen LogP contribution is -2.39. The van der Waals surface area contributed by atoms with Crippen molar-refractivity contribution < 1.29 is 18.3 Å². The van der Waals surface area contributed by atoms with Crippen LogP contribution in [0.3, 0.4) is 0 Å². The van der Waals surface area contributed by atoms with E-state index >= 15 is 0 Å². The van der Waals surface area contributed by atoms with Crippen molar-refractivity contribution in [3.8, 4) is 5.69 Å². The second kappa shape index (κ2) is 6.90. The Morgan fingerprint density at radius 3 is 2.48 bits per heavy atom. The van der Waals surface area contributed by atoms with Gasteiger partial charge in [-0.2, -0.15) is 18.3 Å². The smallest absolute Gasteiger partial charge is 0.382 e. The third-order valence-electron chi connectivity index (χ3n) is 3.41. The second-order valence-electron chi connectivity index (χ2n) is 5.36. The van der Waals surface area contributed by atoms with Gasteiger partial charge in [0.05, 0.1) is 11.4 Å². The van der Waals surface area contributed by atoms with Crippen LogP contribution < -0.4 is 0 Å². The summed E-state index contributed by atoms with van der Waals surface area (Å²) in [4.78, 5) is 1.36. The van der Waals surface area contributed by atoms with Crippen LogP contribution in [0.4, 0.5) is 13.2 Å². The van der Waals surface area contributed by atoms with E-state index in [-0.39, 0.29) is 6.54 Å². The number of aliphatic hydroxyl groups is 1. The number of hydrogen-bond acceptors (Lipinski definition) is 3. The maximum Gasteiger partial charge on any atom is 0.415 e. The minimum absolute atomic E-state index is 0.157. The zero-order valence-corrected chi connectivity index (χ0v) is 13.4. The van der Waals surface area contributed by atoms with Gasteiger partial charge in [-0.25, -0.2) is 4.68 Å². The van der Waals surface area contributed by atoms with Crippen molar-refractivity contribution in [3.63, 3.8) is 0 Å². The summed E-state index contributed by atoms with van der Waals surface area (Å²) in [6.45, 7) is 1.37. The lowest BCUT2D eigenvalue weighted by molar-refractivity contribution is -0.207. The number of rotatable bonds is 5. The van der Waals surface area contributed by atoms with E-state index in [2.05, 4.69) is 5.10 Å². The monoisotopic (exact) mass is 347 g/mol. The van der Waals surface area contributed by atoms with Crippen molar-refractivity contribution in [3.05, 3.63) is 46.7 Å². The number of likely N-dealkylation sites (N-methyl/N-ethyl adjacent to an activating group) is 1. The first-order chi connectivity index (χ1) is 10.7. The summed E-state index contributed by atoms with van der Waals surface area (Å²) in [7, 11) is 1.49. The maximum absolute atomic E-state index is 12.4. The minimum Gasteiger partial charge on any atom is -0.382 e. The number of hydrogen-bond donors (Lipinski definition) is 1. The fourth-order valence-corrected chi connectivity index (χ4v) is 2.52. The zero-order valence-electron chi connectivity index (χ0n) is 12.7. The van der Waals surface area contributed by atoms with E-state index in [0.717, 1.165) is 5.69 Å². The first-order valence-corrected chi connectivity index (χ1v) is 7.30. The molecule has 8 heteroatoms. The van der Waals surface area contributed by atoms with Gasteiger partial charge in [0.2, 0.25) is 0 Å². The molecule has 0 spiro atoms. The predicted octanol–water partition coefficient (Wildman–Crippen LogP) is 3.19.